The molecule has 0 atom stereocenters. The molecule has 3 heterocycles. The summed E-state index contributed by atoms with van der Waals surface area (Å²) in [5, 5.41) is 5.25. The Morgan fingerprint density at radius 2 is 1.97 bits per heavy atom. The Kier molecular flexibility index (Phi) is 6.90. The number of esters is 1. The number of anilines is 1. The highest BCUT2D eigenvalue weighted by Gasteiger charge is 2.19. The van der Waals surface area contributed by atoms with Gasteiger partial charge in [-0.25, -0.2) is 9.97 Å². The highest BCUT2D eigenvalue weighted by atomic mass is 32.1. The summed E-state index contributed by atoms with van der Waals surface area (Å²) in [5.41, 5.74) is 4.40. The molecule has 0 unspecified atom stereocenters. The molecule has 0 saturated carbocycles. The predicted molar refractivity (Wildman–Crippen MR) is 135 cm³/mol. The van der Waals surface area contributed by atoms with Crippen LogP contribution in [0.3, 0.4) is 0 Å². The van der Waals surface area contributed by atoms with E-state index in [4.69, 9.17) is 4.74 Å². The number of fused-ring (bicyclic) bond motifs is 1. The van der Waals surface area contributed by atoms with Gasteiger partial charge in [0.15, 0.2) is 5.13 Å². The van der Waals surface area contributed by atoms with Crippen LogP contribution in [-0.2, 0) is 27.3 Å². The first-order chi connectivity index (χ1) is 16.3. The normalized spacial score (nSPS) is 11.1. The number of amides is 1. The molecule has 1 aromatic carbocycles. The van der Waals surface area contributed by atoms with Crippen LogP contribution in [0.1, 0.15) is 28.6 Å². The zero-order chi connectivity index (χ0) is 24.4. The van der Waals surface area contributed by atoms with Crippen molar-refractivity contribution in [1.82, 2.24) is 14.5 Å². The lowest BCUT2D eigenvalue weighted by Crippen LogP contribution is -2.27. The van der Waals surface area contributed by atoms with Crippen LogP contribution >= 0.6 is 22.7 Å². The second-order valence-electron chi connectivity index (χ2n) is 7.86. The average Bonchev–Trinajstić information content (AvgIpc) is 3.35. The largest absolute Gasteiger partial charge is 0.466 e. The number of aromatic nitrogens is 3. The number of aryl methyl sites for hydroxylation is 3. The van der Waals surface area contributed by atoms with Crippen LogP contribution in [0.5, 0.6) is 0 Å². The van der Waals surface area contributed by atoms with Crippen molar-refractivity contribution < 1.29 is 14.3 Å². The molecule has 3 aromatic heterocycles. The second-order valence-corrected chi connectivity index (χ2v) is 9.93. The van der Waals surface area contributed by atoms with Gasteiger partial charge >= 0.3 is 5.97 Å². The first-order valence-electron chi connectivity index (χ1n) is 10.7. The van der Waals surface area contributed by atoms with E-state index in [1.807, 2.05) is 32.9 Å². The van der Waals surface area contributed by atoms with Gasteiger partial charge in [-0.05, 0) is 44.4 Å². The lowest BCUT2D eigenvalue weighted by atomic mass is 9.99. The summed E-state index contributed by atoms with van der Waals surface area (Å²) >= 11 is 2.68. The molecular weight excluding hydrogens is 472 g/mol. The first kappa shape index (κ1) is 23.8. The number of thiophene rings is 1. The summed E-state index contributed by atoms with van der Waals surface area (Å²) in [7, 11) is 0. The number of nitrogens with one attached hydrogen (secondary N) is 1. The molecule has 4 rings (SSSR count). The van der Waals surface area contributed by atoms with Crippen molar-refractivity contribution >= 4 is 49.9 Å². The number of hydrogen-bond acceptors (Lipinski definition) is 8. The van der Waals surface area contributed by atoms with Gasteiger partial charge in [-0.15, -0.1) is 22.7 Å². The molecule has 0 aliphatic carbocycles. The SMILES string of the molecule is CCOC(=O)Cc1csc(NC(=O)Cn2cnc3sc(C)c(-c4ccc(C)c(C)c4)c3c2=O)n1. The molecule has 1 amide bonds. The third-order valence-corrected chi connectivity index (χ3v) is 7.21. The predicted octanol–water partition coefficient (Wildman–Crippen LogP) is 4.25. The molecule has 4 aromatic rings. The number of ether oxygens (including phenoxy) is 1. The fourth-order valence-electron chi connectivity index (χ4n) is 3.61. The number of carbonyl (C=O) groups excluding carboxylic acids is 2. The van der Waals surface area contributed by atoms with Crippen molar-refractivity contribution in [3.63, 3.8) is 0 Å². The van der Waals surface area contributed by atoms with Crippen molar-refractivity contribution in [2.45, 2.75) is 40.7 Å². The van der Waals surface area contributed by atoms with Crippen molar-refractivity contribution in [1.29, 1.82) is 0 Å². The maximum absolute atomic E-state index is 13.3. The van der Waals surface area contributed by atoms with Crippen LogP contribution in [0.25, 0.3) is 21.3 Å². The molecule has 10 heteroatoms. The second kappa shape index (κ2) is 9.86. The zero-order valence-electron chi connectivity index (χ0n) is 19.3. The van der Waals surface area contributed by atoms with Crippen LogP contribution < -0.4 is 10.9 Å². The van der Waals surface area contributed by atoms with Crippen molar-refractivity contribution in [2.75, 3.05) is 11.9 Å². The minimum atomic E-state index is -0.403. The molecule has 0 saturated heterocycles. The summed E-state index contributed by atoms with van der Waals surface area (Å²) in [6.45, 7) is 7.91. The molecular formula is C24H24N4O4S2. The lowest BCUT2D eigenvalue weighted by molar-refractivity contribution is -0.142. The van der Waals surface area contributed by atoms with Crippen LogP contribution in [0.4, 0.5) is 5.13 Å². The highest BCUT2D eigenvalue weighted by Crippen LogP contribution is 2.36. The van der Waals surface area contributed by atoms with Gasteiger partial charge in [-0.2, -0.15) is 0 Å². The minimum Gasteiger partial charge on any atom is -0.466 e. The highest BCUT2D eigenvalue weighted by molar-refractivity contribution is 7.19. The quantitative estimate of drug-likeness (QED) is 0.384. The standard InChI is InChI=1S/C24H24N4O4S2/c1-5-32-19(30)9-17-11-33-24(26-17)27-18(29)10-28-12-25-22-21(23(28)31)20(15(4)34-22)16-7-6-13(2)14(3)8-16/h6-8,11-12H,5,9-10H2,1-4H3,(H,26,27,29). The van der Waals surface area contributed by atoms with Crippen LogP contribution in [0, 0.1) is 20.8 Å². The van der Waals surface area contributed by atoms with E-state index in [0.717, 1.165) is 21.6 Å². The molecule has 176 valence electrons. The number of thiazole rings is 1. The summed E-state index contributed by atoms with van der Waals surface area (Å²) in [6.07, 6.45) is 1.44. The van der Waals surface area contributed by atoms with Gasteiger partial charge in [0.25, 0.3) is 5.56 Å². The third-order valence-electron chi connectivity index (χ3n) is 5.39. The van der Waals surface area contributed by atoms with E-state index in [-0.39, 0.29) is 24.5 Å². The van der Waals surface area contributed by atoms with Crippen LogP contribution in [0.15, 0.2) is 34.7 Å². The molecule has 1 N–H and O–H groups in total. The van der Waals surface area contributed by atoms with Gasteiger partial charge in [0, 0.05) is 15.8 Å². The first-order valence-corrected chi connectivity index (χ1v) is 12.4. The summed E-state index contributed by atoms with van der Waals surface area (Å²) < 4.78 is 6.22. The number of nitrogens with zero attached hydrogens (tertiary/aromatic N) is 3. The molecule has 0 radical (unpaired) electrons. The van der Waals surface area contributed by atoms with Gasteiger partial charge in [0.2, 0.25) is 5.91 Å². The molecule has 0 bridgehead atoms. The van der Waals surface area contributed by atoms with Gasteiger partial charge in [0.1, 0.15) is 11.4 Å². The molecule has 0 aliphatic heterocycles. The van der Waals surface area contributed by atoms with Gasteiger partial charge in [-0.3, -0.25) is 19.0 Å². The van der Waals surface area contributed by atoms with Gasteiger partial charge < -0.3 is 10.1 Å². The monoisotopic (exact) mass is 496 g/mol. The Bertz CT molecular complexity index is 1450. The molecule has 0 aliphatic rings. The van der Waals surface area contributed by atoms with Gasteiger partial charge in [-0.1, -0.05) is 18.2 Å². The van der Waals surface area contributed by atoms with Crippen LogP contribution in [-0.4, -0.2) is 33.0 Å². The Labute approximate surface area is 204 Å². The fourth-order valence-corrected chi connectivity index (χ4v) is 5.34. The smallest absolute Gasteiger partial charge is 0.311 e. The Hall–Kier alpha value is -3.37. The van der Waals surface area contributed by atoms with E-state index in [9.17, 15) is 14.4 Å². The summed E-state index contributed by atoms with van der Waals surface area (Å²) in [6, 6.07) is 6.13. The third kappa shape index (κ3) is 4.92. The Morgan fingerprint density at radius 1 is 1.18 bits per heavy atom. The number of benzene rings is 1. The number of hydrogen-bond donors (Lipinski definition) is 1. The molecule has 0 spiro atoms. The zero-order valence-corrected chi connectivity index (χ0v) is 20.9. The molecule has 0 fully saturated rings. The lowest BCUT2D eigenvalue weighted by Gasteiger charge is -2.08. The summed E-state index contributed by atoms with van der Waals surface area (Å²) in [4.78, 5) is 47.9. The van der Waals surface area contributed by atoms with Crippen molar-refractivity contribution in [2.24, 2.45) is 0 Å². The van der Waals surface area contributed by atoms with Gasteiger partial charge in [0.05, 0.1) is 30.4 Å². The van der Waals surface area contributed by atoms with Crippen molar-refractivity contribution in [3.05, 3.63) is 62.0 Å². The van der Waals surface area contributed by atoms with E-state index >= 15 is 0 Å². The Balaban J connectivity index is 1.57. The maximum Gasteiger partial charge on any atom is 0.311 e. The maximum atomic E-state index is 13.3. The van der Waals surface area contributed by atoms with E-state index in [2.05, 4.69) is 21.4 Å². The topological polar surface area (TPSA) is 103 Å². The van der Waals surface area contributed by atoms with Crippen LogP contribution in [0.2, 0.25) is 0 Å². The fraction of sp³-hybridized carbons (Fsp3) is 0.292. The minimum absolute atomic E-state index is 0.0407. The summed E-state index contributed by atoms with van der Waals surface area (Å²) in [5.74, 6) is -0.776. The van der Waals surface area contributed by atoms with Crippen molar-refractivity contribution in [3.8, 4) is 11.1 Å². The number of rotatable bonds is 7. The van der Waals surface area contributed by atoms with E-state index in [1.54, 1.807) is 12.3 Å². The van der Waals surface area contributed by atoms with E-state index in [0.29, 0.717) is 27.6 Å². The average molecular weight is 497 g/mol. The molecule has 8 nitrogen and oxygen atoms in total. The van der Waals surface area contributed by atoms with E-state index < -0.39 is 5.91 Å². The molecule has 34 heavy (non-hydrogen) atoms. The van der Waals surface area contributed by atoms with E-state index in [1.165, 1.54) is 39.1 Å². The Morgan fingerprint density at radius 3 is 2.71 bits per heavy atom. The number of carbonyl (C=O) groups is 2.